The Kier molecular flexibility index (Phi) is 2.58. The molecule has 78 valence electrons. The summed E-state index contributed by atoms with van der Waals surface area (Å²) in [4.78, 5) is 26.4. The maximum Gasteiger partial charge on any atom is 0.171 e. The van der Waals surface area contributed by atoms with Gasteiger partial charge < -0.3 is 0 Å². The van der Waals surface area contributed by atoms with Crippen LogP contribution < -0.4 is 0 Å². The fourth-order valence-electron chi connectivity index (χ4n) is 1.37. The molecule has 0 aromatic carbocycles. The number of hydrogen-bond acceptors (Lipinski definition) is 3. The summed E-state index contributed by atoms with van der Waals surface area (Å²) in [7, 11) is 0. The molecule has 15 heavy (non-hydrogen) atoms. The molecule has 1 aromatic heterocycles. The van der Waals surface area contributed by atoms with E-state index in [-0.39, 0.29) is 29.5 Å². The molecule has 0 aliphatic heterocycles. The van der Waals surface area contributed by atoms with E-state index >= 15 is 0 Å². The summed E-state index contributed by atoms with van der Waals surface area (Å²) in [5.41, 5.74) is 0.170. The Hall–Kier alpha value is -1.58. The van der Waals surface area contributed by atoms with Gasteiger partial charge in [0.05, 0.1) is 12.6 Å². The largest absolute Gasteiger partial charge is 0.299 e. The van der Waals surface area contributed by atoms with Gasteiger partial charge in [-0.2, -0.15) is 0 Å². The zero-order valence-electron chi connectivity index (χ0n) is 8.07. The van der Waals surface area contributed by atoms with Gasteiger partial charge in [-0.3, -0.25) is 14.6 Å². The van der Waals surface area contributed by atoms with E-state index < -0.39 is 5.82 Å². The number of ketones is 2. The minimum Gasteiger partial charge on any atom is -0.299 e. The summed E-state index contributed by atoms with van der Waals surface area (Å²) in [5.74, 6) is -0.877. The van der Waals surface area contributed by atoms with Crippen LogP contribution in [0.25, 0.3) is 0 Å². The maximum atomic E-state index is 12.7. The average Bonchev–Trinajstić information content (AvgIpc) is 3.00. The van der Waals surface area contributed by atoms with E-state index in [9.17, 15) is 14.0 Å². The summed E-state index contributed by atoms with van der Waals surface area (Å²) < 4.78 is 12.7. The second-order valence-corrected chi connectivity index (χ2v) is 3.73. The summed E-state index contributed by atoms with van der Waals surface area (Å²) in [6.45, 7) is 0. The molecule has 0 unspecified atom stereocenters. The smallest absolute Gasteiger partial charge is 0.171 e. The van der Waals surface area contributed by atoms with Crippen molar-refractivity contribution < 1.29 is 14.0 Å². The zero-order valence-corrected chi connectivity index (χ0v) is 8.07. The number of nitrogens with zero attached hydrogens (tertiary/aromatic N) is 1. The highest BCUT2D eigenvalue weighted by atomic mass is 19.1. The van der Waals surface area contributed by atoms with Crippen molar-refractivity contribution >= 4 is 11.6 Å². The third-order valence-corrected chi connectivity index (χ3v) is 2.39. The number of hydrogen-bond donors (Lipinski definition) is 0. The highest BCUT2D eigenvalue weighted by Crippen LogP contribution is 2.31. The van der Waals surface area contributed by atoms with Crippen LogP contribution in [-0.2, 0) is 4.79 Å². The minimum atomic E-state index is -0.556. The van der Waals surface area contributed by atoms with Crippen LogP contribution in [0.1, 0.15) is 29.6 Å². The number of aromatic nitrogens is 1. The highest BCUT2D eigenvalue weighted by Gasteiger charge is 2.30. The molecule has 3 nitrogen and oxygen atoms in total. The molecular weight excluding hydrogens is 197 g/mol. The lowest BCUT2D eigenvalue weighted by atomic mass is 10.1. The van der Waals surface area contributed by atoms with Gasteiger partial charge in [0.25, 0.3) is 0 Å². The second kappa shape index (κ2) is 3.88. The number of halogens is 1. The first-order chi connectivity index (χ1) is 7.16. The summed E-state index contributed by atoms with van der Waals surface area (Å²) >= 11 is 0. The Balaban J connectivity index is 2.03. The number of Topliss-reactive ketones (excluding diaryl/α,β-unsaturated/α-hetero) is 2. The first-order valence-electron chi connectivity index (χ1n) is 4.83. The molecule has 0 N–H and O–H groups in total. The fraction of sp³-hybridized carbons (Fsp3) is 0.364. The first-order valence-corrected chi connectivity index (χ1v) is 4.83. The average molecular weight is 207 g/mol. The number of carbonyl (C=O) groups is 2. The molecule has 4 heteroatoms. The Labute approximate surface area is 86.3 Å². The molecule has 1 heterocycles. The van der Waals surface area contributed by atoms with E-state index in [1.54, 1.807) is 0 Å². The Morgan fingerprint density at radius 3 is 2.73 bits per heavy atom. The number of pyridine rings is 1. The lowest BCUT2D eigenvalue weighted by Gasteiger charge is -1.99. The molecule has 1 saturated carbocycles. The normalized spacial score (nSPS) is 15.0. The predicted octanol–water partition coefficient (Wildman–Crippen LogP) is 1.77. The molecule has 0 saturated heterocycles. The Morgan fingerprint density at radius 2 is 2.13 bits per heavy atom. The van der Waals surface area contributed by atoms with Crippen molar-refractivity contribution in [1.82, 2.24) is 4.98 Å². The van der Waals surface area contributed by atoms with Crippen molar-refractivity contribution in [3.8, 4) is 0 Å². The van der Waals surface area contributed by atoms with Gasteiger partial charge in [-0.25, -0.2) is 4.39 Å². The number of carbonyl (C=O) groups excluding carboxylic acids is 2. The Morgan fingerprint density at radius 1 is 1.40 bits per heavy atom. The third kappa shape index (κ3) is 2.46. The van der Waals surface area contributed by atoms with E-state index in [1.807, 2.05) is 0 Å². The van der Waals surface area contributed by atoms with Crippen LogP contribution in [0.5, 0.6) is 0 Å². The predicted molar refractivity (Wildman–Crippen MR) is 50.9 cm³/mol. The molecule has 1 aliphatic rings. The van der Waals surface area contributed by atoms with Gasteiger partial charge in [-0.05, 0) is 18.9 Å². The van der Waals surface area contributed by atoms with Crippen LogP contribution in [0.4, 0.5) is 4.39 Å². The van der Waals surface area contributed by atoms with Gasteiger partial charge in [-0.15, -0.1) is 0 Å². The van der Waals surface area contributed by atoms with Crippen molar-refractivity contribution in [2.75, 3.05) is 0 Å². The molecule has 1 aliphatic carbocycles. The molecule has 0 radical (unpaired) electrons. The molecule has 1 aromatic rings. The zero-order chi connectivity index (χ0) is 10.8. The van der Waals surface area contributed by atoms with E-state index in [0.717, 1.165) is 25.1 Å². The van der Waals surface area contributed by atoms with E-state index in [2.05, 4.69) is 4.98 Å². The lowest BCUT2D eigenvalue weighted by Crippen LogP contribution is -2.10. The molecule has 0 amide bonds. The van der Waals surface area contributed by atoms with Crippen molar-refractivity contribution in [3.05, 3.63) is 29.8 Å². The highest BCUT2D eigenvalue weighted by molar-refractivity contribution is 6.08. The molecule has 0 spiro atoms. The van der Waals surface area contributed by atoms with Gasteiger partial charge >= 0.3 is 0 Å². The molecule has 1 fully saturated rings. The van der Waals surface area contributed by atoms with Crippen LogP contribution in [0, 0.1) is 11.7 Å². The van der Waals surface area contributed by atoms with Crippen molar-refractivity contribution in [1.29, 1.82) is 0 Å². The van der Waals surface area contributed by atoms with Gasteiger partial charge in [-0.1, -0.05) is 0 Å². The van der Waals surface area contributed by atoms with Gasteiger partial charge in [0.2, 0.25) is 0 Å². The fourth-order valence-corrected chi connectivity index (χ4v) is 1.37. The summed E-state index contributed by atoms with van der Waals surface area (Å²) in [6, 6.07) is 1.11. The van der Waals surface area contributed by atoms with Crippen molar-refractivity contribution in [3.63, 3.8) is 0 Å². The van der Waals surface area contributed by atoms with E-state index in [4.69, 9.17) is 0 Å². The number of rotatable bonds is 4. The molecule has 2 rings (SSSR count). The Bertz CT molecular complexity index is 413. The quantitative estimate of drug-likeness (QED) is 0.558. The van der Waals surface area contributed by atoms with Crippen molar-refractivity contribution in [2.24, 2.45) is 5.92 Å². The second-order valence-electron chi connectivity index (χ2n) is 3.73. The topological polar surface area (TPSA) is 47.0 Å². The maximum absolute atomic E-state index is 12.7. The monoisotopic (exact) mass is 207 g/mol. The van der Waals surface area contributed by atoms with Gasteiger partial charge in [0, 0.05) is 17.7 Å². The van der Waals surface area contributed by atoms with Crippen LogP contribution in [0.2, 0.25) is 0 Å². The molecular formula is C11H10FNO2. The van der Waals surface area contributed by atoms with Crippen LogP contribution in [0.15, 0.2) is 18.5 Å². The third-order valence-electron chi connectivity index (χ3n) is 2.39. The van der Waals surface area contributed by atoms with Crippen LogP contribution in [0.3, 0.4) is 0 Å². The molecule has 0 atom stereocenters. The van der Waals surface area contributed by atoms with E-state index in [0.29, 0.717) is 0 Å². The first kappa shape index (κ1) is 9.96. The SMILES string of the molecule is O=C(CC(=O)C1CC1)c1cncc(F)c1. The van der Waals surface area contributed by atoms with Crippen molar-refractivity contribution in [2.45, 2.75) is 19.3 Å². The summed E-state index contributed by atoms with van der Waals surface area (Å²) in [5, 5.41) is 0. The van der Waals surface area contributed by atoms with Crippen LogP contribution >= 0.6 is 0 Å². The lowest BCUT2D eigenvalue weighted by molar-refractivity contribution is -0.119. The van der Waals surface area contributed by atoms with E-state index in [1.165, 1.54) is 6.20 Å². The molecule has 0 bridgehead atoms. The van der Waals surface area contributed by atoms with Crippen LogP contribution in [-0.4, -0.2) is 16.6 Å². The van der Waals surface area contributed by atoms with Gasteiger partial charge in [0.1, 0.15) is 11.6 Å². The minimum absolute atomic E-state index is 0.0377. The standard InChI is InChI=1S/C11H10FNO2/c12-9-3-8(5-13-6-9)11(15)4-10(14)7-1-2-7/h3,5-7H,1-2,4H2. The summed E-state index contributed by atoms with van der Waals surface area (Å²) in [6.07, 6.45) is 3.95. The van der Waals surface area contributed by atoms with Gasteiger partial charge in [0.15, 0.2) is 5.78 Å².